The van der Waals surface area contributed by atoms with E-state index < -0.39 is 5.97 Å². The molecule has 0 amide bonds. The van der Waals surface area contributed by atoms with Gasteiger partial charge in [0.2, 0.25) is 0 Å². The summed E-state index contributed by atoms with van der Waals surface area (Å²) in [6, 6.07) is 7.41. The Kier molecular flexibility index (Phi) is 5.58. The molecule has 2 aromatic rings. The number of aryl methyl sites for hydroxylation is 1. The zero-order chi connectivity index (χ0) is 17.7. The minimum atomic E-state index is -1.32. The lowest BCUT2D eigenvalue weighted by Crippen LogP contribution is -2.23. The van der Waals surface area contributed by atoms with Crippen molar-refractivity contribution in [3.8, 4) is 5.75 Å². The van der Waals surface area contributed by atoms with Crippen molar-refractivity contribution in [2.24, 2.45) is 0 Å². The van der Waals surface area contributed by atoms with E-state index in [-0.39, 0.29) is 11.5 Å². The maximum atomic E-state index is 12.4. The first-order chi connectivity index (χ1) is 11.4. The second kappa shape index (κ2) is 7.64. The van der Waals surface area contributed by atoms with Crippen LogP contribution in [0.15, 0.2) is 30.3 Å². The summed E-state index contributed by atoms with van der Waals surface area (Å²) in [5.41, 5.74) is 2.09. The number of carboxylic acids is 1. The highest BCUT2D eigenvalue weighted by atomic mass is 16.5. The normalized spacial score (nSPS) is 11.0. The molecule has 0 unspecified atom stereocenters. The second-order valence-corrected chi connectivity index (χ2v) is 5.53. The Morgan fingerprint density at radius 2 is 1.88 bits per heavy atom. The molecule has 0 radical (unpaired) electrons. The van der Waals surface area contributed by atoms with Crippen LogP contribution in [0.3, 0.4) is 0 Å². The number of carbonyl (C=O) groups excluding carboxylic acids is 2. The summed E-state index contributed by atoms with van der Waals surface area (Å²) in [4.78, 5) is 26.1. The van der Waals surface area contributed by atoms with Crippen molar-refractivity contribution >= 4 is 17.8 Å². The van der Waals surface area contributed by atoms with Crippen LogP contribution in [0, 0.1) is 13.8 Å². The number of ketones is 1. The summed E-state index contributed by atoms with van der Waals surface area (Å²) in [7, 11) is 0. The molecule has 5 nitrogen and oxygen atoms in total. The highest BCUT2D eigenvalue weighted by Gasteiger charge is 2.16. The van der Waals surface area contributed by atoms with Gasteiger partial charge in [0.1, 0.15) is 5.75 Å². The van der Waals surface area contributed by atoms with Crippen molar-refractivity contribution in [2.75, 3.05) is 6.61 Å². The first-order valence-electron chi connectivity index (χ1n) is 7.79. The fraction of sp³-hybridized carbons (Fsp3) is 0.263. The summed E-state index contributed by atoms with van der Waals surface area (Å²) in [6.07, 6.45) is 4.07. The number of rotatable bonds is 7. The number of aromatic carboxylic acids is 1. The molecule has 1 heterocycles. The van der Waals surface area contributed by atoms with Gasteiger partial charge in [0, 0.05) is 11.3 Å². The number of H-pyrrole nitrogens is 1. The van der Waals surface area contributed by atoms with Crippen molar-refractivity contribution in [3.63, 3.8) is 0 Å². The third-order valence-electron chi connectivity index (χ3n) is 3.67. The Labute approximate surface area is 141 Å². The Bertz CT molecular complexity index is 769. The standard InChI is InChI=1S/C19H21NO4/c1-4-11-24-15-8-5-14(6-9-15)7-10-16(21)17-12(2)18(19(22)23)20-13(17)3/h5-10,20H,4,11H2,1-3H3,(H,22,23)/p-1/b10-7+. The summed E-state index contributed by atoms with van der Waals surface area (Å²) in [6.45, 7) is 5.97. The number of benzene rings is 1. The van der Waals surface area contributed by atoms with Crippen LogP contribution in [-0.4, -0.2) is 23.3 Å². The van der Waals surface area contributed by atoms with Gasteiger partial charge in [-0.2, -0.15) is 0 Å². The summed E-state index contributed by atoms with van der Waals surface area (Å²) < 4.78 is 5.51. The maximum Gasteiger partial charge on any atom is 0.187 e. The lowest BCUT2D eigenvalue weighted by molar-refractivity contribution is -0.255. The molecule has 24 heavy (non-hydrogen) atoms. The molecule has 0 atom stereocenters. The number of carbonyl (C=O) groups is 2. The molecular formula is C19H20NO4-. The van der Waals surface area contributed by atoms with E-state index in [2.05, 4.69) is 4.98 Å². The average Bonchev–Trinajstić information content (AvgIpc) is 2.86. The molecule has 0 saturated heterocycles. The molecule has 0 aliphatic carbocycles. The fourth-order valence-electron chi connectivity index (χ4n) is 2.47. The van der Waals surface area contributed by atoms with Crippen LogP contribution in [-0.2, 0) is 0 Å². The van der Waals surface area contributed by atoms with E-state index in [1.54, 1.807) is 19.9 Å². The van der Waals surface area contributed by atoms with Crippen molar-refractivity contribution in [1.82, 2.24) is 4.98 Å². The van der Waals surface area contributed by atoms with Crippen LogP contribution in [0.5, 0.6) is 5.75 Å². The Balaban J connectivity index is 2.15. The van der Waals surface area contributed by atoms with Crippen LogP contribution in [0.25, 0.3) is 6.08 Å². The van der Waals surface area contributed by atoms with Gasteiger partial charge < -0.3 is 19.6 Å². The molecule has 2 rings (SSSR count). The first kappa shape index (κ1) is 17.5. The van der Waals surface area contributed by atoms with E-state index in [0.717, 1.165) is 17.7 Å². The third-order valence-corrected chi connectivity index (χ3v) is 3.67. The van der Waals surface area contributed by atoms with E-state index in [9.17, 15) is 14.7 Å². The van der Waals surface area contributed by atoms with Gasteiger partial charge >= 0.3 is 0 Å². The van der Waals surface area contributed by atoms with E-state index in [0.29, 0.717) is 23.4 Å². The molecule has 0 aliphatic heterocycles. The molecule has 126 valence electrons. The van der Waals surface area contributed by atoms with Crippen LogP contribution in [0.2, 0.25) is 0 Å². The van der Waals surface area contributed by atoms with Gasteiger partial charge in [-0.25, -0.2) is 0 Å². The van der Waals surface area contributed by atoms with Gasteiger partial charge in [0.05, 0.1) is 18.3 Å². The molecule has 5 heteroatoms. The zero-order valence-corrected chi connectivity index (χ0v) is 14.0. The topological polar surface area (TPSA) is 82.2 Å². The Morgan fingerprint density at radius 1 is 1.21 bits per heavy atom. The minimum Gasteiger partial charge on any atom is -0.543 e. The summed E-state index contributed by atoms with van der Waals surface area (Å²) in [5, 5.41) is 11.0. The fourth-order valence-corrected chi connectivity index (χ4v) is 2.47. The number of aromatic amines is 1. The zero-order valence-electron chi connectivity index (χ0n) is 14.0. The van der Waals surface area contributed by atoms with Gasteiger partial charge in [0.25, 0.3) is 0 Å². The van der Waals surface area contributed by atoms with Gasteiger partial charge in [-0.3, -0.25) is 4.79 Å². The molecule has 0 spiro atoms. The number of hydrogen-bond donors (Lipinski definition) is 1. The molecule has 1 aromatic heterocycles. The van der Waals surface area contributed by atoms with Crippen LogP contribution in [0.4, 0.5) is 0 Å². The van der Waals surface area contributed by atoms with Crippen LogP contribution in [0.1, 0.15) is 51.0 Å². The molecule has 0 saturated carbocycles. The Morgan fingerprint density at radius 3 is 2.42 bits per heavy atom. The van der Waals surface area contributed by atoms with Crippen molar-refractivity contribution in [3.05, 3.63) is 58.4 Å². The first-order valence-corrected chi connectivity index (χ1v) is 7.79. The highest BCUT2D eigenvalue weighted by molar-refractivity contribution is 6.10. The molecule has 1 aromatic carbocycles. The quantitative estimate of drug-likeness (QED) is 0.626. The van der Waals surface area contributed by atoms with Gasteiger partial charge in [-0.05, 0) is 49.6 Å². The van der Waals surface area contributed by atoms with Crippen molar-refractivity contribution < 1.29 is 19.4 Å². The molecule has 0 aliphatic rings. The molecule has 0 bridgehead atoms. The van der Waals surface area contributed by atoms with E-state index >= 15 is 0 Å². The SMILES string of the molecule is CCCOc1ccc(/C=C/C(=O)c2c(C)[nH]c(C(=O)[O-])c2C)cc1. The monoisotopic (exact) mass is 326 g/mol. The molecule has 0 fully saturated rings. The predicted octanol–water partition coefficient (Wildman–Crippen LogP) is 2.68. The van der Waals surface area contributed by atoms with Crippen molar-refractivity contribution in [2.45, 2.75) is 27.2 Å². The number of carboxylic acid groups (broad SMARTS) is 1. The lowest BCUT2D eigenvalue weighted by Gasteiger charge is -2.04. The average molecular weight is 326 g/mol. The maximum absolute atomic E-state index is 12.4. The van der Waals surface area contributed by atoms with Crippen molar-refractivity contribution in [1.29, 1.82) is 0 Å². The summed E-state index contributed by atoms with van der Waals surface area (Å²) >= 11 is 0. The van der Waals surface area contributed by atoms with Crippen LogP contribution < -0.4 is 9.84 Å². The van der Waals surface area contributed by atoms with Crippen LogP contribution >= 0.6 is 0 Å². The van der Waals surface area contributed by atoms with E-state index in [1.165, 1.54) is 6.08 Å². The van der Waals surface area contributed by atoms with E-state index in [4.69, 9.17) is 4.74 Å². The molecule has 1 N–H and O–H groups in total. The number of nitrogens with one attached hydrogen (secondary N) is 1. The minimum absolute atomic E-state index is 0.0540. The Hall–Kier alpha value is -2.82. The number of aromatic nitrogens is 1. The predicted molar refractivity (Wildman–Crippen MR) is 90.2 cm³/mol. The highest BCUT2D eigenvalue weighted by Crippen LogP contribution is 2.19. The number of allylic oxidation sites excluding steroid dienone is 1. The van der Waals surface area contributed by atoms with Gasteiger partial charge in [-0.15, -0.1) is 0 Å². The molecular weight excluding hydrogens is 306 g/mol. The van der Waals surface area contributed by atoms with E-state index in [1.807, 2.05) is 31.2 Å². The smallest absolute Gasteiger partial charge is 0.187 e. The number of ether oxygens (including phenoxy) is 1. The van der Waals surface area contributed by atoms with Gasteiger partial charge in [-0.1, -0.05) is 25.1 Å². The van der Waals surface area contributed by atoms with Gasteiger partial charge in [0.15, 0.2) is 5.78 Å². The third kappa shape index (κ3) is 3.93. The largest absolute Gasteiger partial charge is 0.543 e. The lowest BCUT2D eigenvalue weighted by atomic mass is 10.0. The second-order valence-electron chi connectivity index (χ2n) is 5.53. The number of hydrogen-bond acceptors (Lipinski definition) is 4. The summed E-state index contributed by atoms with van der Waals surface area (Å²) in [5.74, 6) is -0.780.